The number of hydrogen-bond acceptors (Lipinski definition) is 2. The van der Waals surface area contributed by atoms with Crippen molar-refractivity contribution in [2.24, 2.45) is 5.92 Å². The van der Waals surface area contributed by atoms with Gasteiger partial charge in [-0.1, -0.05) is 35.2 Å². The van der Waals surface area contributed by atoms with E-state index in [-0.39, 0.29) is 11.5 Å². The van der Waals surface area contributed by atoms with Gasteiger partial charge < -0.3 is 5.32 Å². The monoisotopic (exact) mass is 338 g/mol. The molecule has 1 N–H and O–H groups in total. The van der Waals surface area contributed by atoms with Crippen molar-refractivity contribution < 1.29 is 9.18 Å². The normalized spacial score (nSPS) is 17.2. The predicted octanol–water partition coefficient (Wildman–Crippen LogP) is 3.79. The molecular weight excluding hydrogens is 323 g/mol. The topological polar surface area (TPSA) is 52.9 Å². The minimum atomic E-state index is -0.496. The summed E-state index contributed by atoms with van der Waals surface area (Å²) in [6.45, 7) is 0. The average Bonchev–Trinajstić information content (AvgIpc) is 2.44. The highest BCUT2D eigenvalue weighted by atomic mass is 79.9. The summed E-state index contributed by atoms with van der Waals surface area (Å²) in [4.78, 5) is 12.1. The second-order valence-corrected chi connectivity index (χ2v) is 6.05. The minimum Gasteiger partial charge on any atom is -0.336 e. The molecule has 3 nitrogen and oxygen atoms in total. The van der Waals surface area contributed by atoms with Gasteiger partial charge in [0, 0.05) is 10.0 Å². The molecule has 0 spiro atoms. The van der Waals surface area contributed by atoms with Gasteiger partial charge in [0.15, 0.2) is 0 Å². The minimum absolute atomic E-state index is 0.203. The molecule has 1 aliphatic carbocycles. The molecule has 0 aromatic heterocycles. The largest absolute Gasteiger partial charge is 0.336 e. The van der Waals surface area contributed by atoms with Gasteiger partial charge >= 0.3 is 0 Å². The molecule has 1 aromatic rings. The molecule has 1 fully saturated rings. The second-order valence-electron chi connectivity index (χ2n) is 5.14. The molecule has 1 aromatic carbocycles. The van der Waals surface area contributed by atoms with Gasteiger partial charge in [0.25, 0.3) is 5.91 Å². The van der Waals surface area contributed by atoms with E-state index < -0.39 is 17.8 Å². The molecule has 1 amide bonds. The Labute approximate surface area is 126 Å². The van der Waals surface area contributed by atoms with Crippen LogP contribution in [0.25, 0.3) is 0 Å². The van der Waals surface area contributed by atoms with E-state index in [1.54, 1.807) is 6.07 Å². The van der Waals surface area contributed by atoms with Crippen LogP contribution in [0.3, 0.4) is 0 Å². The first-order valence-electron chi connectivity index (χ1n) is 6.76. The molecule has 1 aliphatic rings. The average molecular weight is 339 g/mol. The molecular formula is C15H16BrFN2O. The second kappa shape index (κ2) is 6.85. The summed E-state index contributed by atoms with van der Waals surface area (Å²) < 4.78 is 13.8. The smallest absolute Gasteiger partial charge is 0.252 e. The molecule has 1 atom stereocenters. The molecule has 1 unspecified atom stereocenters. The zero-order valence-corrected chi connectivity index (χ0v) is 12.6. The number of carbonyl (C=O) groups is 1. The standard InChI is InChI=1S/C15H16BrFN2O/c16-12-6-11(7-13(17)8-12)15(20)19-14(9-18)10-4-2-1-3-5-10/h6-8,10,14H,1-5H2,(H,19,20). The van der Waals surface area contributed by atoms with E-state index in [9.17, 15) is 14.4 Å². The molecule has 2 rings (SSSR count). The number of carbonyl (C=O) groups excluding carboxylic acids is 1. The zero-order chi connectivity index (χ0) is 14.5. The highest BCUT2D eigenvalue weighted by molar-refractivity contribution is 9.10. The fraction of sp³-hybridized carbons (Fsp3) is 0.467. The maximum absolute atomic E-state index is 13.3. The highest BCUT2D eigenvalue weighted by Gasteiger charge is 2.25. The van der Waals surface area contributed by atoms with Crippen molar-refractivity contribution in [1.82, 2.24) is 5.32 Å². The molecule has 5 heteroatoms. The number of amides is 1. The van der Waals surface area contributed by atoms with E-state index >= 15 is 0 Å². The van der Waals surface area contributed by atoms with Crippen molar-refractivity contribution in [2.45, 2.75) is 38.1 Å². The fourth-order valence-electron chi connectivity index (χ4n) is 2.63. The Morgan fingerprint density at radius 2 is 2.05 bits per heavy atom. The third-order valence-corrected chi connectivity index (χ3v) is 4.13. The molecule has 0 bridgehead atoms. The summed E-state index contributed by atoms with van der Waals surface area (Å²) in [5.74, 6) is -0.673. The number of nitrogens with zero attached hydrogens (tertiary/aromatic N) is 1. The van der Waals surface area contributed by atoms with E-state index in [0.717, 1.165) is 25.7 Å². The van der Waals surface area contributed by atoms with Crippen molar-refractivity contribution >= 4 is 21.8 Å². The lowest BCUT2D eigenvalue weighted by atomic mass is 9.84. The molecule has 20 heavy (non-hydrogen) atoms. The van der Waals surface area contributed by atoms with Crippen LogP contribution >= 0.6 is 15.9 Å². The lowest BCUT2D eigenvalue weighted by Crippen LogP contribution is -2.40. The Morgan fingerprint density at radius 3 is 2.65 bits per heavy atom. The number of halogens is 2. The molecule has 1 saturated carbocycles. The van der Waals surface area contributed by atoms with Gasteiger partial charge in [-0.25, -0.2) is 4.39 Å². The van der Waals surface area contributed by atoms with Crippen LogP contribution in [0.15, 0.2) is 22.7 Å². The summed E-state index contributed by atoms with van der Waals surface area (Å²) in [5, 5.41) is 12.0. The fourth-order valence-corrected chi connectivity index (χ4v) is 3.10. The summed E-state index contributed by atoms with van der Waals surface area (Å²) in [6.07, 6.45) is 5.32. The van der Waals surface area contributed by atoms with Gasteiger partial charge in [-0.05, 0) is 37.0 Å². The van der Waals surface area contributed by atoms with Crippen LogP contribution in [0.4, 0.5) is 4.39 Å². The number of nitrogens with one attached hydrogen (secondary N) is 1. The van der Waals surface area contributed by atoms with Crippen LogP contribution in [-0.4, -0.2) is 11.9 Å². The van der Waals surface area contributed by atoms with Gasteiger partial charge in [0.2, 0.25) is 0 Å². The van der Waals surface area contributed by atoms with Crippen molar-refractivity contribution in [1.29, 1.82) is 5.26 Å². The number of rotatable bonds is 3. The van der Waals surface area contributed by atoms with Gasteiger partial charge in [0.1, 0.15) is 11.9 Å². The summed E-state index contributed by atoms with van der Waals surface area (Å²) >= 11 is 3.16. The van der Waals surface area contributed by atoms with Crippen LogP contribution < -0.4 is 5.32 Å². The van der Waals surface area contributed by atoms with Crippen molar-refractivity contribution in [3.63, 3.8) is 0 Å². The first-order chi connectivity index (χ1) is 9.60. The number of hydrogen-bond donors (Lipinski definition) is 1. The Balaban J connectivity index is 2.07. The van der Waals surface area contributed by atoms with Crippen LogP contribution in [0.2, 0.25) is 0 Å². The summed E-state index contributed by atoms with van der Waals surface area (Å²) in [7, 11) is 0. The number of benzene rings is 1. The summed E-state index contributed by atoms with van der Waals surface area (Å²) in [5.41, 5.74) is 0.230. The third-order valence-electron chi connectivity index (χ3n) is 3.67. The van der Waals surface area contributed by atoms with Crippen LogP contribution in [-0.2, 0) is 0 Å². The molecule has 0 saturated heterocycles. The SMILES string of the molecule is N#CC(NC(=O)c1cc(F)cc(Br)c1)C1CCCCC1. The lowest BCUT2D eigenvalue weighted by molar-refractivity contribution is 0.0928. The van der Waals surface area contributed by atoms with Crippen LogP contribution in [0.5, 0.6) is 0 Å². The van der Waals surface area contributed by atoms with E-state index in [4.69, 9.17) is 0 Å². The molecule has 0 heterocycles. The van der Waals surface area contributed by atoms with Crippen molar-refractivity contribution in [3.05, 3.63) is 34.1 Å². The van der Waals surface area contributed by atoms with E-state index in [2.05, 4.69) is 27.3 Å². The van der Waals surface area contributed by atoms with Crippen LogP contribution in [0, 0.1) is 23.1 Å². The Bertz CT molecular complexity index is 515. The first kappa shape index (κ1) is 15.0. The van der Waals surface area contributed by atoms with Gasteiger partial charge in [-0.3, -0.25) is 4.79 Å². The van der Waals surface area contributed by atoms with Crippen molar-refractivity contribution in [2.75, 3.05) is 0 Å². The van der Waals surface area contributed by atoms with E-state index in [1.807, 2.05) is 0 Å². The van der Waals surface area contributed by atoms with E-state index in [1.165, 1.54) is 18.6 Å². The van der Waals surface area contributed by atoms with Gasteiger partial charge in [-0.2, -0.15) is 5.26 Å². The van der Waals surface area contributed by atoms with Crippen LogP contribution in [0.1, 0.15) is 42.5 Å². The van der Waals surface area contributed by atoms with E-state index in [0.29, 0.717) is 4.47 Å². The lowest BCUT2D eigenvalue weighted by Gasteiger charge is -2.26. The Kier molecular flexibility index (Phi) is 5.13. The first-order valence-corrected chi connectivity index (χ1v) is 7.56. The molecule has 106 valence electrons. The Morgan fingerprint density at radius 1 is 1.35 bits per heavy atom. The maximum atomic E-state index is 13.3. The summed E-state index contributed by atoms with van der Waals surface area (Å²) in [6, 6.07) is 5.69. The quantitative estimate of drug-likeness (QED) is 0.911. The number of nitriles is 1. The highest BCUT2D eigenvalue weighted by Crippen LogP contribution is 2.26. The Hall–Kier alpha value is -1.41. The van der Waals surface area contributed by atoms with Crippen molar-refractivity contribution in [3.8, 4) is 6.07 Å². The zero-order valence-electron chi connectivity index (χ0n) is 11.0. The third kappa shape index (κ3) is 3.80. The predicted molar refractivity (Wildman–Crippen MR) is 77.5 cm³/mol. The van der Waals surface area contributed by atoms with Gasteiger partial charge in [0.05, 0.1) is 6.07 Å². The molecule has 0 aliphatic heterocycles. The van der Waals surface area contributed by atoms with Gasteiger partial charge in [-0.15, -0.1) is 0 Å². The molecule has 0 radical (unpaired) electrons. The maximum Gasteiger partial charge on any atom is 0.252 e.